The van der Waals surface area contributed by atoms with E-state index in [1.165, 1.54) is 7.11 Å². The minimum Gasteiger partial charge on any atom is -0.469 e. The van der Waals surface area contributed by atoms with E-state index in [9.17, 15) is 13.2 Å². The number of rotatable bonds is 3. The molecule has 5 nitrogen and oxygen atoms in total. The summed E-state index contributed by atoms with van der Waals surface area (Å²) in [5.74, 6) is -0.850. The number of carbonyl (C=O) groups is 1. The highest BCUT2D eigenvalue weighted by molar-refractivity contribution is 7.89. The molecule has 0 spiro atoms. The summed E-state index contributed by atoms with van der Waals surface area (Å²) in [6.07, 6.45) is 0.573. The summed E-state index contributed by atoms with van der Waals surface area (Å²) in [6, 6.07) is 0. The summed E-state index contributed by atoms with van der Waals surface area (Å²) >= 11 is 0. The second kappa shape index (κ2) is 3.02. The van der Waals surface area contributed by atoms with E-state index in [-0.39, 0.29) is 23.6 Å². The van der Waals surface area contributed by atoms with Gasteiger partial charge in [-0.1, -0.05) is 0 Å². The maximum Gasteiger partial charge on any atom is 0.308 e. The lowest BCUT2D eigenvalue weighted by Gasteiger charge is -1.96. The minimum absolute atomic E-state index is 0.118. The first kappa shape index (κ1) is 9.47. The fourth-order valence-electron chi connectivity index (χ4n) is 1.17. The third-order valence-electron chi connectivity index (χ3n) is 1.87. The number of ether oxygens (including phenoxy) is 1. The highest BCUT2D eigenvalue weighted by Crippen LogP contribution is 2.39. The molecule has 70 valence electrons. The smallest absolute Gasteiger partial charge is 0.308 e. The van der Waals surface area contributed by atoms with Gasteiger partial charge in [0, 0.05) is 0 Å². The fourth-order valence-corrected chi connectivity index (χ4v) is 2.14. The first-order valence-electron chi connectivity index (χ1n) is 3.52. The molecule has 1 aliphatic carbocycles. The lowest BCUT2D eigenvalue weighted by Crippen LogP contribution is -2.19. The number of carbonyl (C=O) groups excluding carboxylic acids is 1. The van der Waals surface area contributed by atoms with E-state index < -0.39 is 10.0 Å². The van der Waals surface area contributed by atoms with Crippen molar-refractivity contribution in [3.8, 4) is 0 Å². The number of hydrogen-bond acceptors (Lipinski definition) is 4. The van der Waals surface area contributed by atoms with Gasteiger partial charge in [0.05, 0.1) is 18.8 Å². The quantitative estimate of drug-likeness (QED) is 0.587. The zero-order valence-electron chi connectivity index (χ0n) is 6.69. The molecule has 6 heteroatoms. The summed E-state index contributed by atoms with van der Waals surface area (Å²) in [7, 11) is -2.16. The first-order chi connectivity index (χ1) is 5.44. The topological polar surface area (TPSA) is 86.5 Å². The molecule has 0 bridgehead atoms. The first-order valence-corrected chi connectivity index (χ1v) is 5.24. The van der Waals surface area contributed by atoms with E-state index in [2.05, 4.69) is 4.74 Å². The van der Waals surface area contributed by atoms with Gasteiger partial charge in [0.2, 0.25) is 10.0 Å². The van der Waals surface area contributed by atoms with Crippen molar-refractivity contribution in [2.45, 2.75) is 6.42 Å². The van der Waals surface area contributed by atoms with E-state index >= 15 is 0 Å². The Balaban J connectivity index is 2.39. The molecule has 2 atom stereocenters. The summed E-state index contributed by atoms with van der Waals surface area (Å²) < 4.78 is 25.6. The lowest BCUT2D eigenvalue weighted by atomic mass is 10.3. The van der Waals surface area contributed by atoms with Gasteiger partial charge in [0.1, 0.15) is 0 Å². The SMILES string of the molecule is COC(=O)[C@@H]1C[C@@H]1CS(N)(=O)=O. The Kier molecular flexibility index (Phi) is 2.39. The Hall–Kier alpha value is -0.620. The summed E-state index contributed by atoms with van der Waals surface area (Å²) in [5.41, 5.74) is 0. The number of methoxy groups -OCH3 is 1. The van der Waals surface area contributed by atoms with Crippen molar-refractivity contribution < 1.29 is 17.9 Å². The number of esters is 1. The second-order valence-corrected chi connectivity index (χ2v) is 4.61. The zero-order valence-corrected chi connectivity index (χ0v) is 7.50. The average Bonchev–Trinajstić information content (AvgIpc) is 2.62. The van der Waals surface area contributed by atoms with Gasteiger partial charge in [-0.15, -0.1) is 0 Å². The maximum absolute atomic E-state index is 10.8. The molecule has 0 aliphatic heterocycles. The molecule has 0 unspecified atom stereocenters. The molecule has 1 saturated carbocycles. The molecule has 2 N–H and O–H groups in total. The number of nitrogens with two attached hydrogens (primary N) is 1. The lowest BCUT2D eigenvalue weighted by molar-refractivity contribution is -0.142. The zero-order chi connectivity index (χ0) is 9.35. The van der Waals surface area contributed by atoms with E-state index in [4.69, 9.17) is 5.14 Å². The van der Waals surface area contributed by atoms with E-state index in [0.717, 1.165) is 0 Å². The molecule has 0 saturated heterocycles. The fraction of sp³-hybridized carbons (Fsp3) is 0.833. The monoisotopic (exact) mass is 193 g/mol. The van der Waals surface area contributed by atoms with Crippen molar-refractivity contribution >= 4 is 16.0 Å². The number of primary sulfonamides is 1. The maximum atomic E-state index is 10.8. The van der Waals surface area contributed by atoms with Gasteiger partial charge in [0.25, 0.3) is 0 Å². The molecule has 1 rings (SSSR count). The molecule has 0 amide bonds. The van der Waals surface area contributed by atoms with Crippen LogP contribution < -0.4 is 5.14 Å². The van der Waals surface area contributed by atoms with Crippen LogP contribution in [0.1, 0.15) is 6.42 Å². The van der Waals surface area contributed by atoms with Crippen molar-refractivity contribution in [3.05, 3.63) is 0 Å². The van der Waals surface area contributed by atoms with Crippen molar-refractivity contribution in [2.75, 3.05) is 12.9 Å². The van der Waals surface area contributed by atoms with E-state index in [1.54, 1.807) is 0 Å². The van der Waals surface area contributed by atoms with Crippen LogP contribution in [-0.4, -0.2) is 27.2 Å². The number of sulfonamides is 1. The van der Waals surface area contributed by atoms with E-state index in [0.29, 0.717) is 6.42 Å². The van der Waals surface area contributed by atoms with Gasteiger partial charge >= 0.3 is 5.97 Å². The standard InChI is InChI=1S/C6H11NO4S/c1-11-6(8)5-2-4(5)3-12(7,9)10/h4-5H,2-3H2,1H3,(H2,7,9,10)/t4-,5-/m1/s1. The van der Waals surface area contributed by atoms with Crippen LogP contribution in [0.15, 0.2) is 0 Å². The molecular weight excluding hydrogens is 182 g/mol. The van der Waals surface area contributed by atoms with Crippen molar-refractivity contribution in [3.63, 3.8) is 0 Å². The third kappa shape index (κ3) is 2.46. The van der Waals surface area contributed by atoms with Crippen molar-refractivity contribution in [1.29, 1.82) is 0 Å². The summed E-state index contributed by atoms with van der Waals surface area (Å²) in [5, 5.41) is 4.80. The second-order valence-electron chi connectivity index (χ2n) is 2.95. The van der Waals surface area contributed by atoms with Crippen LogP contribution in [0.4, 0.5) is 0 Å². The highest BCUT2D eigenvalue weighted by atomic mass is 32.2. The van der Waals surface area contributed by atoms with Crippen LogP contribution in [0, 0.1) is 11.8 Å². The van der Waals surface area contributed by atoms with Crippen molar-refractivity contribution in [1.82, 2.24) is 0 Å². The van der Waals surface area contributed by atoms with Crippen LogP contribution >= 0.6 is 0 Å². The molecule has 0 aromatic heterocycles. The minimum atomic E-state index is -3.44. The Morgan fingerprint density at radius 1 is 1.67 bits per heavy atom. The van der Waals surface area contributed by atoms with Gasteiger partial charge in [-0.25, -0.2) is 13.6 Å². The molecule has 0 heterocycles. The van der Waals surface area contributed by atoms with Crippen LogP contribution in [0.25, 0.3) is 0 Å². The van der Waals surface area contributed by atoms with Crippen LogP contribution in [0.3, 0.4) is 0 Å². The Morgan fingerprint density at radius 2 is 2.25 bits per heavy atom. The van der Waals surface area contributed by atoms with Gasteiger partial charge in [-0.05, 0) is 12.3 Å². The van der Waals surface area contributed by atoms with Crippen molar-refractivity contribution in [2.24, 2.45) is 17.0 Å². The van der Waals surface area contributed by atoms with Crippen LogP contribution in [-0.2, 0) is 19.6 Å². The number of hydrogen-bond donors (Lipinski definition) is 1. The van der Waals surface area contributed by atoms with Gasteiger partial charge in [-0.2, -0.15) is 0 Å². The Bertz CT molecular complexity index is 284. The normalized spacial score (nSPS) is 28.2. The predicted molar refractivity (Wildman–Crippen MR) is 41.6 cm³/mol. The van der Waals surface area contributed by atoms with Gasteiger partial charge in [0.15, 0.2) is 0 Å². The van der Waals surface area contributed by atoms with E-state index in [1.807, 2.05) is 0 Å². The highest BCUT2D eigenvalue weighted by Gasteiger charge is 2.45. The Morgan fingerprint density at radius 3 is 2.67 bits per heavy atom. The molecule has 1 aliphatic rings. The van der Waals surface area contributed by atoms with Crippen LogP contribution in [0.5, 0.6) is 0 Å². The summed E-state index contributed by atoms with van der Waals surface area (Å²) in [4.78, 5) is 10.8. The Labute approximate surface area is 70.9 Å². The molecule has 0 aromatic rings. The van der Waals surface area contributed by atoms with Gasteiger partial charge in [-0.3, -0.25) is 4.79 Å². The molecule has 0 radical (unpaired) electrons. The molecule has 0 aromatic carbocycles. The largest absolute Gasteiger partial charge is 0.469 e. The molecular formula is C6H11NO4S. The molecule has 12 heavy (non-hydrogen) atoms. The van der Waals surface area contributed by atoms with Crippen LogP contribution in [0.2, 0.25) is 0 Å². The predicted octanol–water partition coefficient (Wildman–Crippen LogP) is -0.916. The average molecular weight is 193 g/mol. The van der Waals surface area contributed by atoms with Gasteiger partial charge < -0.3 is 4.74 Å². The molecule has 1 fully saturated rings. The summed E-state index contributed by atoms with van der Waals surface area (Å²) in [6.45, 7) is 0. The third-order valence-corrected chi connectivity index (χ3v) is 2.77.